The van der Waals surface area contributed by atoms with Gasteiger partial charge < -0.3 is 9.32 Å². The Morgan fingerprint density at radius 3 is 2.46 bits per heavy atom. The van der Waals surface area contributed by atoms with Crippen molar-refractivity contribution in [3.8, 4) is 11.5 Å². The second kappa shape index (κ2) is 10.7. The number of carbonyl (C=O) groups excluding carboxylic acids is 1. The van der Waals surface area contributed by atoms with Crippen LogP contribution in [0.15, 0.2) is 40.3 Å². The van der Waals surface area contributed by atoms with E-state index in [4.69, 9.17) is 4.42 Å². The topological polar surface area (TPSA) is 106 Å². The summed E-state index contributed by atoms with van der Waals surface area (Å²) in [7, 11) is 0. The summed E-state index contributed by atoms with van der Waals surface area (Å²) in [5.74, 6) is 3.11. The van der Waals surface area contributed by atoms with Gasteiger partial charge in [0.15, 0.2) is 0 Å². The maximum absolute atomic E-state index is 11.6. The molecule has 0 saturated carbocycles. The molecule has 0 spiro atoms. The number of nitro benzene ring substituents is 1. The first-order valence-corrected chi connectivity index (χ1v) is 12.4. The molecule has 0 N–H and O–H groups in total. The number of amides is 1. The van der Waals surface area contributed by atoms with E-state index in [2.05, 4.69) is 41.9 Å². The fraction of sp³-hybridized carbons (Fsp3) is 0.577. The molecule has 1 aliphatic carbocycles. The standard InChI is InChI=1S/C26H35N5O4/c1-17(2)24-14-21(18(3)13-22(24)16-29-9-11-30(12-10-29)19(4)32)15-25-27-28-26(35-25)20-5-7-23(8-6-20)31(33)34/h5-8,13,17,21-22,24H,9-12,14-16H2,1-4H3/t21-,22-,24-/m0/s1. The average Bonchev–Trinajstić information content (AvgIpc) is 3.29. The normalized spacial score (nSPS) is 23.4. The number of hydrogen-bond acceptors (Lipinski definition) is 7. The van der Waals surface area contributed by atoms with Gasteiger partial charge in [-0.15, -0.1) is 10.2 Å². The monoisotopic (exact) mass is 481 g/mol. The molecule has 2 aromatic rings. The Morgan fingerprint density at radius 2 is 1.86 bits per heavy atom. The third-order valence-corrected chi connectivity index (χ3v) is 7.58. The second-order valence-corrected chi connectivity index (χ2v) is 10.2. The summed E-state index contributed by atoms with van der Waals surface area (Å²) in [6, 6.07) is 6.16. The van der Waals surface area contributed by atoms with Gasteiger partial charge in [-0.25, -0.2) is 0 Å². The smallest absolute Gasteiger partial charge is 0.269 e. The summed E-state index contributed by atoms with van der Waals surface area (Å²) in [6.45, 7) is 13.0. The van der Waals surface area contributed by atoms with Crippen molar-refractivity contribution in [3.05, 3.63) is 51.9 Å². The zero-order valence-corrected chi connectivity index (χ0v) is 21.0. The van der Waals surface area contributed by atoms with Gasteiger partial charge in [-0.3, -0.25) is 19.8 Å². The molecule has 3 atom stereocenters. The second-order valence-electron chi connectivity index (χ2n) is 10.2. The number of non-ortho nitro benzene ring substituents is 1. The lowest BCUT2D eigenvalue weighted by molar-refractivity contribution is -0.384. The molecule has 1 aliphatic heterocycles. The van der Waals surface area contributed by atoms with E-state index in [1.54, 1.807) is 19.1 Å². The first-order valence-electron chi connectivity index (χ1n) is 12.4. The summed E-state index contributed by atoms with van der Waals surface area (Å²) in [5, 5.41) is 19.3. The van der Waals surface area contributed by atoms with Gasteiger partial charge in [-0.2, -0.15) is 0 Å². The van der Waals surface area contributed by atoms with Crippen LogP contribution in [0.3, 0.4) is 0 Å². The summed E-state index contributed by atoms with van der Waals surface area (Å²) in [4.78, 5) is 26.5. The van der Waals surface area contributed by atoms with Crippen molar-refractivity contribution in [1.82, 2.24) is 20.0 Å². The van der Waals surface area contributed by atoms with Crippen LogP contribution in [0.1, 0.15) is 40.0 Å². The minimum atomic E-state index is -0.425. The van der Waals surface area contributed by atoms with E-state index >= 15 is 0 Å². The van der Waals surface area contributed by atoms with Gasteiger partial charge in [0.25, 0.3) is 5.69 Å². The minimum absolute atomic E-state index is 0.0338. The van der Waals surface area contributed by atoms with E-state index in [-0.39, 0.29) is 11.6 Å². The Labute approximate surface area is 206 Å². The number of rotatable bonds is 7. The zero-order valence-electron chi connectivity index (χ0n) is 21.0. The lowest BCUT2D eigenvalue weighted by Gasteiger charge is -2.41. The average molecular weight is 482 g/mol. The summed E-state index contributed by atoms with van der Waals surface area (Å²) in [5.41, 5.74) is 2.08. The molecule has 4 rings (SSSR count). The Balaban J connectivity index is 1.41. The molecule has 0 bridgehead atoms. The third kappa shape index (κ3) is 5.96. The highest BCUT2D eigenvalue weighted by Gasteiger charge is 2.34. The highest BCUT2D eigenvalue weighted by molar-refractivity contribution is 5.73. The number of nitro groups is 1. The fourth-order valence-corrected chi connectivity index (χ4v) is 5.42. The van der Waals surface area contributed by atoms with E-state index in [1.165, 1.54) is 17.7 Å². The number of aromatic nitrogens is 2. The van der Waals surface area contributed by atoms with Gasteiger partial charge in [-0.05, 0) is 49.1 Å². The number of allylic oxidation sites excluding steroid dienone is 1. The zero-order chi connectivity index (χ0) is 25.1. The molecule has 2 heterocycles. The van der Waals surface area contributed by atoms with Crippen LogP contribution in [0.5, 0.6) is 0 Å². The number of carbonyl (C=O) groups is 1. The number of benzene rings is 1. The SMILES string of the molecule is CC(=O)N1CCN(C[C@@H]2C=C(C)[C@H](Cc3nnc(-c4ccc([N+](=O)[O-])cc4)o3)C[C@H]2C(C)C)CC1. The van der Waals surface area contributed by atoms with Crippen molar-refractivity contribution in [1.29, 1.82) is 0 Å². The fourth-order valence-electron chi connectivity index (χ4n) is 5.42. The van der Waals surface area contributed by atoms with Crippen LogP contribution in [0.4, 0.5) is 5.69 Å². The van der Waals surface area contributed by atoms with Crippen LogP contribution in [-0.4, -0.2) is 63.6 Å². The summed E-state index contributed by atoms with van der Waals surface area (Å²) < 4.78 is 5.93. The molecule has 9 heteroatoms. The van der Waals surface area contributed by atoms with Crippen molar-refractivity contribution in [2.45, 2.75) is 40.5 Å². The van der Waals surface area contributed by atoms with Crippen LogP contribution in [0.2, 0.25) is 0 Å². The van der Waals surface area contributed by atoms with E-state index < -0.39 is 4.92 Å². The van der Waals surface area contributed by atoms with Gasteiger partial charge in [0.2, 0.25) is 17.7 Å². The maximum Gasteiger partial charge on any atom is 0.269 e. The largest absolute Gasteiger partial charge is 0.421 e. The molecule has 1 aromatic heterocycles. The van der Waals surface area contributed by atoms with E-state index in [0.717, 1.165) is 39.1 Å². The molecule has 188 valence electrons. The maximum atomic E-state index is 11.6. The highest BCUT2D eigenvalue weighted by atomic mass is 16.6. The van der Waals surface area contributed by atoms with Crippen LogP contribution in [-0.2, 0) is 11.2 Å². The molecule has 35 heavy (non-hydrogen) atoms. The molecule has 1 fully saturated rings. The molecular weight excluding hydrogens is 446 g/mol. The van der Waals surface area contributed by atoms with Crippen molar-refractivity contribution in [2.75, 3.05) is 32.7 Å². The van der Waals surface area contributed by atoms with Crippen LogP contribution in [0, 0.1) is 33.8 Å². The quantitative estimate of drug-likeness (QED) is 0.331. The van der Waals surface area contributed by atoms with Crippen molar-refractivity contribution < 1.29 is 14.1 Å². The summed E-state index contributed by atoms with van der Waals surface area (Å²) in [6.07, 6.45) is 4.21. The predicted molar refractivity (Wildman–Crippen MR) is 132 cm³/mol. The van der Waals surface area contributed by atoms with Crippen molar-refractivity contribution in [3.63, 3.8) is 0 Å². The van der Waals surface area contributed by atoms with Gasteiger partial charge in [0.1, 0.15) is 0 Å². The first kappa shape index (κ1) is 25.0. The molecule has 1 saturated heterocycles. The van der Waals surface area contributed by atoms with Gasteiger partial charge in [-0.1, -0.05) is 25.5 Å². The van der Waals surface area contributed by atoms with Crippen molar-refractivity contribution >= 4 is 11.6 Å². The first-order chi connectivity index (χ1) is 16.7. The Morgan fingerprint density at radius 1 is 1.17 bits per heavy atom. The third-order valence-electron chi connectivity index (χ3n) is 7.58. The predicted octanol–water partition coefficient (Wildman–Crippen LogP) is 4.21. The van der Waals surface area contributed by atoms with E-state index in [9.17, 15) is 14.9 Å². The molecular formula is C26H35N5O4. The van der Waals surface area contributed by atoms with E-state index in [0.29, 0.717) is 47.4 Å². The lowest BCUT2D eigenvalue weighted by Crippen LogP contribution is -2.50. The molecule has 0 unspecified atom stereocenters. The molecule has 1 amide bonds. The number of piperazine rings is 1. The van der Waals surface area contributed by atoms with Crippen molar-refractivity contribution in [2.24, 2.45) is 23.7 Å². The molecule has 0 radical (unpaired) electrons. The Kier molecular flexibility index (Phi) is 7.64. The van der Waals surface area contributed by atoms with Crippen LogP contribution >= 0.6 is 0 Å². The van der Waals surface area contributed by atoms with E-state index in [1.807, 2.05) is 4.90 Å². The van der Waals surface area contributed by atoms with Gasteiger partial charge in [0.05, 0.1) is 4.92 Å². The highest BCUT2D eigenvalue weighted by Crippen LogP contribution is 2.39. The van der Waals surface area contributed by atoms with Gasteiger partial charge in [0, 0.05) is 63.8 Å². The minimum Gasteiger partial charge on any atom is -0.421 e. The Hall–Kier alpha value is -3.07. The van der Waals surface area contributed by atoms with Crippen LogP contribution in [0.25, 0.3) is 11.5 Å². The summed E-state index contributed by atoms with van der Waals surface area (Å²) >= 11 is 0. The number of hydrogen-bond donors (Lipinski definition) is 0. The molecule has 2 aliphatic rings. The van der Waals surface area contributed by atoms with Gasteiger partial charge >= 0.3 is 0 Å². The number of nitrogens with zero attached hydrogens (tertiary/aromatic N) is 5. The Bertz CT molecular complexity index is 1070. The molecule has 1 aromatic carbocycles. The lowest BCUT2D eigenvalue weighted by atomic mass is 9.69. The molecule has 9 nitrogen and oxygen atoms in total. The van der Waals surface area contributed by atoms with Crippen LogP contribution < -0.4 is 0 Å².